The second-order valence-corrected chi connectivity index (χ2v) is 7.83. The van der Waals surface area contributed by atoms with Crippen molar-refractivity contribution < 1.29 is 23.5 Å². The number of methoxy groups -OCH3 is 2. The van der Waals surface area contributed by atoms with Crippen LogP contribution in [0.2, 0.25) is 5.02 Å². The molecule has 0 bridgehead atoms. The predicted molar refractivity (Wildman–Crippen MR) is 114 cm³/mol. The highest BCUT2D eigenvalue weighted by Gasteiger charge is 2.26. The fraction of sp³-hybridized carbons (Fsp3) is 0.455. The summed E-state index contributed by atoms with van der Waals surface area (Å²) in [6.07, 6.45) is 2.96. The highest BCUT2D eigenvalue weighted by Crippen LogP contribution is 2.28. The lowest BCUT2D eigenvalue weighted by Gasteiger charge is -2.32. The van der Waals surface area contributed by atoms with Gasteiger partial charge in [0.1, 0.15) is 18.1 Å². The quantitative estimate of drug-likeness (QED) is 0.667. The van der Waals surface area contributed by atoms with Crippen LogP contribution in [0.5, 0.6) is 5.75 Å². The van der Waals surface area contributed by atoms with Gasteiger partial charge in [0.25, 0.3) is 5.91 Å². The fourth-order valence-corrected chi connectivity index (χ4v) is 3.85. The molecule has 0 unspecified atom stereocenters. The van der Waals surface area contributed by atoms with Crippen LogP contribution in [0, 0.1) is 5.92 Å². The summed E-state index contributed by atoms with van der Waals surface area (Å²) >= 11 is 6.01. The number of carbonyl (C=O) groups excluding carboxylic acids is 2. The summed E-state index contributed by atoms with van der Waals surface area (Å²) in [6, 6.07) is 8.54. The molecule has 7 nitrogen and oxygen atoms in total. The molecule has 30 heavy (non-hydrogen) atoms. The van der Waals surface area contributed by atoms with Crippen LogP contribution in [0.3, 0.4) is 0 Å². The zero-order chi connectivity index (χ0) is 21.5. The van der Waals surface area contributed by atoms with Crippen LogP contribution in [-0.2, 0) is 16.1 Å². The Morgan fingerprint density at radius 1 is 1.27 bits per heavy atom. The third kappa shape index (κ3) is 5.77. The molecule has 1 aromatic heterocycles. The third-order valence-electron chi connectivity index (χ3n) is 5.18. The lowest BCUT2D eigenvalue weighted by Crippen LogP contribution is -2.40. The van der Waals surface area contributed by atoms with Gasteiger partial charge in [0.05, 0.1) is 12.8 Å². The van der Waals surface area contributed by atoms with Gasteiger partial charge >= 0.3 is 0 Å². The van der Waals surface area contributed by atoms with Crippen molar-refractivity contribution in [1.29, 1.82) is 0 Å². The molecular formula is C22H27ClN2O5. The largest absolute Gasteiger partial charge is 0.495 e. The lowest BCUT2D eigenvalue weighted by molar-refractivity contribution is -0.116. The maximum Gasteiger partial charge on any atom is 0.289 e. The smallest absolute Gasteiger partial charge is 0.289 e. The van der Waals surface area contributed by atoms with Crippen LogP contribution in [0.25, 0.3) is 0 Å². The number of anilines is 1. The Balaban J connectivity index is 1.51. The van der Waals surface area contributed by atoms with E-state index in [1.807, 2.05) is 4.90 Å². The van der Waals surface area contributed by atoms with Gasteiger partial charge in [-0.2, -0.15) is 0 Å². The maximum absolute atomic E-state index is 12.7. The molecule has 1 N–H and O–H groups in total. The number of rotatable bonds is 8. The third-order valence-corrected chi connectivity index (χ3v) is 5.42. The van der Waals surface area contributed by atoms with Crippen LogP contribution in [0.1, 0.15) is 42.0 Å². The molecule has 8 heteroatoms. The summed E-state index contributed by atoms with van der Waals surface area (Å²) in [7, 11) is 3.13. The molecule has 1 fully saturated rings. The number of nitrogens with one attached hydrogen (secondary N) is 1. The molecular weight excluding hydrogens is 408 g/mol. The van der Waals surface area contributed by atoms with Gasteiger partial charge in [-0.3, -0.25) is 9.59 Å². The van der Waals surface area contributed by atoms with Gasteiger partial charge in [-0.1, -0.05) is 11.6 Å². The number of furan rings is 1. The van der Waals surface area contributed by atoms with E-state index in [1.165, 1.54) is 0 Å². The first kappa shape index (κ1) is 22.2. The molecule has 1 atom stereocenters. The van der Waals surface area contributed by atoms with Crippen LogP contribution in [0.4, 0.5) is 5.69 Å². The standard InChI is InChI=1S/C22H27ClN2O5/c1-28-14-17-7-9-20(30-17)22(27)25-11-3-4-15(13-25)5-10-21(26)24-18-12-16(23)6-8-19(18)29-2/h6-9,12,15H,3-5,10-11,13-14H2,1-2H3,(H,24,26)/t15-/m1/s1. The molecule has 0 saturated carbocycles. The van der Waals surface area contributed by atoms with Crippen molar-refractivity contribution in [1.82, 2.24) is 4.90 Å². The average molecular weight is 435 g/mol. The molecule has 2 aromatic rings. The Bertz CT molecular complexity index is 882. The molecule has 2 amide bonds. The zero-order valence-electron chi connectivity index (χ0n) is 17.3. The molecule has 162 valence electrons. The van der Waals surface area contributed by atoms with Gasteiger partial charge in [0, 0.05) is 31.6 Å². The van der Waals surface area contributed by atoms with Gasteiger partial charge in [-0.15, -0.1) is 0 Å². The first-order valence-electron chi connectivity index (χ1n) is 10.0. The Morgan fingerprint density at radius 2 is 2.10 bits per heavy atom. The first-order valence-corrected chi connectivity index (χ1v) is 10.4. The Kier molecular flexibility index (Phi) is 7.76. The number of halogens is 1. The van der Waals surface area contributed by atoms with E-state index in [9.17, 15) is 9.59 Å². The summed E-state index contributed by atoms with van der Waals surface area (Å²) in [5.74, 6) is 1.57. The number of ether oxygens (including phenoxy) is 2. The van der Waals surface area contributed by atoms with Gasteiger partial charge < -0.3 is 24.1 Å². The number of amides is 2. The second kappa shape index (κ2) is 10.5. The van der Waals surface area contributed by atoms with E-state index < -0.39 is 0 Å². The van der Waals surface area contributed by atoms with Crippen molar-refractivity contribution in [3.8, 4) is 5.75 Å². The van der Waals surface area contributed by atoms with Crippen LogP contribution in [-0.4, -0.2) is 44.0 Å². The summed E-state index contributed by atoms with van der Waals surface area (Å²) in [5.41, 5.74) is 0.556. The Morgan fingerprint density at radius 3 is 2.87 bits per heavy atom. The maximum atomic E-state index is 12.7. The number of benzene rings is 1. The van der Waals surface area contributed by atoms with E-state index in [1.54, 1.807) is 44.6 Å². The van der Waals surface area contributed by atoms with E-state index in [-0.39, 0.29) is 17.7 Å². The minimum Gasteiger partial charge on any atom is -0.495 e. The molecule has 0 radical (unpaired) electrons. The summed E-state index contributed by atoms with van der Waals surface area (Å²) < 4.78 is 15.9. The first-order chi connectivity index (χ1) is 14.5. The summed E-state index contributed by atoms with van der Waals surface area (Å²) in [5, 5.41) is 3.39. The van der Waals surface area contributed by atoms with E-state index >= 15 is 0 Å². The Labute approximate surface area is 181 Å². The average Bonchev–Trinajstić information content (AvgIpc) is 3.21. The molecule has 1 saturated heterocycles. The molecule has 1 aromatic carbocycles. The topological polar surface area (TPSA) is 81.0 Å². The summed E-state index contributed by atoms with van der Waals surface area (Å²) in [6.45, 7) is 1.65. The van der Waals surface area contributed by atoms with Crippen molar-refractivity contribution in [2.45, 2.75) is 32.3 Å². The fourth-order valence-electron chi connectivity index (χ4n) is 3.68. The number of carbonyl (C=O) groups is 2. The molecule has 0 aliphatic carbocycles. The van der Waals surface area contributed by atoms with Crippen molar-refractivity contribution in [3.63, 3.8) is 0 Å². The minimum absolute atomic E-state index is 0.103. The monoisotopic (exact) mass is 434 g/mol. The number of piperidine rings is 1. The minimum atomic E-state index is -0.116. The van der Waals surface area contributed by atoms with Crippen LogP contribution >= 0.6 is 11.6 Å². The van der Waals surface area contributed by atoms with Gasteiger partial charge in [0.2, 0.25) is 5.91 Å². The SMILES string of the molecule is COCc1ccc(C(=O)N2CCC[C@H](CCC(=O)Nc3cc(Cl)ccc3OC)C2)o1. The van der Waals surface area contributed by atoms with E-state index in [4.69, 9.17) is 25.5 Å². The molecule has 2 heterocycles. The second-order valence-electron chi connectivity index (χ2n) is 7.39. The lowest BCUT2D eigenvalue weighted by atomic mass is 9.93. The highest BCUT2D eigenvalue weighted by molar-refractivity contribution is 6.31. The summed E-state index contributed by atoms with van der Waals surface area (Å²) in [4.78, 5) is 27.0. The van der Waals surface area contributed by atoms with E-state index in [0.29, 0.717) is 60.5 Å². The van der Waals surface area contributed by atoms with Crippen molar-refractivity contribution in [2.24, 2.45) is 5.92 Å². The van der Waals surface area contributed by atoms with E-state index in [0.717, 1.165) is 12.8 Å². The van der Waals surface area contributed by atoms with Gasteiger partial charge in [-0.25, -0.2) is 0 Å². The number of likely N-dealkylation sites (tertiary alicyclic amines) is 1. The molecule has 1 aliphatic rings. The van der Waals surface area contributed by atoms with Crippen molar-refractivity contribution in [2.75, 3.05) is 32.6 Å². The molecule has 1 aliphatic heterocycles. The van der Waals surface area contributed by atoms with Gasteiger partial charge in [0.15, 0.2) is 5.76 Å². The predicted octanol–water partition coefficient (Wildman–Crippen LogP) is 4.36. The van der Waals surface area contributed by atoms with Crippen LogP contribution in [0.15, 0.2) is 34.7 Å². The zero-order valence-corrected chi connectivity index (χ0v) is 18.0. The van der Waals surface area contributed by atoms with E-state index in [2.05, 4.69) is 5.32 Å². The van der Waals surface area contributed by atoms with Crippen molar-refractivity contribution >= 4 is 29.1 Å². The number of hydrogen-bond acceptors (Lipinski definition) is 5. The molecule has 0 spiro atoms. The highest BCUT2D eigenvalue weighted by atomic mass is 35.5. The van der Waals surface area contributed by atoms with Crippen molar-refractivity contribution in [3.05, 3.63) is 46.9 Å². The molecule has 3 rings (SSSR count). The normalized spacial score (nSPS) is 16.4. The Hall–Kier alpha value is -2.51. The number of hydrogen-bond donors (Lipinski definition) is 1. The number of nitrogens with zero attached hydrogens (tertiary/aromatic N) is 1. The van der Waals surface area contributed by atoms with Crippen LogP contribution < -0.4 is 10.1 Å². The van der Waals surface area contributed by atoms with Gasteiger partial charge in [-0.05, 0) is 55.5 Å².